The van der Waals surface area contributed by atoms with Gasteiger partial charge in [-0.3, -0.25) is 4.68 Å². The van der Waals surface area contributed by atoms with Gasteiger partial charge in [-0.05, 0) is 13.0 Å². The second-order valence-electron chi connectivity index (χ2n) is 3.11. The molecular formula is C9H17N5O. The molecule has 0 spiro atoms. The van der Waals surface area contributed by atoms with Gasteiger partial charge in [-0.25, -0.2) is 4.79 Å². The number of carbonyl (C=O) groups excluding carboxylic acids is 1. The van der Waals surface area contributed by atoms with Crippen molar-refractivity contribution in [3.8, 4) is 0 Å². The normalized spacial score (nSPS) is 10.2. The van der Waals surface area contributed by atoms with Crippen molar-refractivity contribution in [2.24, 2.45) is 5.73 Å². The van der Waals surface area contributed by atoms with E-state index >= 15 is 0 Å². The van der Waals surface area contributed by atoms with Crippen LogP contribution in [0.15, 0.2) is 12.3 Å². The molecule has 6 heteroatoms. The van der Waals surface area contributed by atoms with Crippen LogP contribution in [0.4, 0.5) is 4.79 Å². The highest BCUT2D eigenvalue weighted by atomic mass is 16.2. The minimum atomic E-state index is -0.490. The Morgan fingerprint density at radius 1 is 1.60 bits per heavy atom. The van der Waals surface area contributed by atoms with Crippen molar-refractivity contribution < 1.29 is 4.79 Å². The van der Waals surface area contributed by atoms with Gasteiger partial charge >= 0.3 is 6.03 Å². The fraction of sp³-hybridized carbons (Fsp3) is 0.556. The number of primary amides is 1. The number of rotatable bonds is 6. The SMILES string of the molecule is CCn1nccc1CNCCNC(N)=O. The molecule has 1 heterocycles. The van der Waals surface area contributed by atoms with Crippen LogP contribution in [0.25, 0.3) is 0 Å². The molecule has 1 aromatic heterocycles. The van der Waals surface area contributed by atoms with Crippen LogP contribution >= 0.6 is 0 Å². The summed E-state index contributed by atoms with van der Waals surface area (Å²) in [4.78, 5) is 10.4. The molecule has 84 valence electrons. The molecule has 0 atom stereocenters. The van der Waals surface area contributed by atoms with Gasteiger partial charge in [-0.1, -0.05) is 0 Å². The van der Waals surface area contributed by atoms with E-state index in [9.17, 15) is 4.79 Å². The molecule has 0 unspecified atom stereocenters. The Balaban J connectivity index is 2.17. The Morgan fingerprint density at radius 3 is 3.07 bits per heavy atom. The zero-order valence-corrected chi connectivity index (χ0v) is 8.86. The molecule has 0 aromatic carbocycles. The summed E-state index contributed by atoms with van der Waals surface area (Å²) in [6.07, 6.45) is 1.78. The molecule has 0 fully saturated rings. The number of urea groups is 1. The van der Waals surface area contributed by atoms with E-state index in [-0.39, 0.29) is 0 Å². The molecule has 0 bridgehead atoms. The van der Waals surface area contributed by atoms with Crippen molar-refractivity contribution >= 4 is 6.03 Å². The highest BCUT2D eigenvalue weighted by Crippen LogP contribution is 1.97. The van der Waals surface area contributed by atoms with E-state index in [0.717, 1.165) is 18.8 Å². The molecule has 0 saturated carbocycles. The van der Waals surface area contributed by atoms with E-state index in [1.54, 1.807) is 6.20 Å². The average molecular weight is 211 g/mol. The average Bonchev–Trinajstić information content (AvgIpc) is 2.64. The molecule has 4 N–H and O–H groups in total. The van der Waals surface area contributed by atoms with Crippen molar-refractivity contribution in [3.05, 3.63) is 18.0 Å². The third-order valence-corrected chi connectivity index (χ3v) is 2.01. The first-order chi connectivity index (χ1) is 7.24. The summed E-state index contributed by atoms with van der Waals surface area (Å²) in [7, 11) is 0. The Kier molecular flexibility index (Phi) is 4.62. The van der Waals surface area contributed by atoms with Gasteiger partial charge in [0.1, 0.15) is 0 Å². The van der Waals surface area contributed by atoms with E-state index in [0.29, 0.717) is 13.1 Å². The van der Waals surface area contributed by atoms with Crippen LogP contribution in [0, 0.1) is 0 Å². The molecule has 1 rings (SSSR count). The molecule has 0 radical (unpaired) electrons. The summed E-state index contributed by atoms with van der Waals surface area (Å²) >= 11 is 0. The van der Waals surface area contributed by atoms with Crippen LogP contribution in [0.1, 0.15) is 12.6 Å². The third-order valence-electron chi connectivity index (χ3n) is 2.01. The molecule has 1 aromatic rings. The van der Waals surface area contributed by atoms with Gasteiger partial charge in [0, 0.05) is 32.4 Å². The molecule has 0 aliphatic rings. The molecule has 0 aliphatic heterocycles. The number of nitrogens with one attached hydrogen (secondary N) is 2. The van der Waals surface area contributed by atoms with Gasteiger partial charge in [0.15, 0.2) is 0 Å². The highest BCUT2D eigenvalue weighted by Gasteiger charge is 1.99. The number of hydrogen-bond acceptors (Lipinski definition) is 3. The largest absolute Gasteiger partial charge is 0.352 e. The Hall–Kier alpha value is -1.56. The lowest BCUT2D eigenvalue weighted by Crippen LogP contribution is -2.35. The minimum Gasteiger partial charge on any atom is -0.352 e. The number of aryl methyl sites for hydroxylation is 1. The van der Waals surface area contributed by atoms with E-state index in [1.807, 2.05) is 17.7 Å². The number of carbonyl (C=O) groups is 1. The maximum atomic E-state index is 10.4. The molecule has 2 amide bonds. The zero-order chi connectivity index (χ0) is 11.1. The molecule has 0 aliphatic carbocycles. The van der Waals surface area contributed by atoms with E-state index in [4.69, 9.17) is 5.73 Å². The van der Waals surface area contributed by atoms with Crippen LogP contribution < -0.4 is 16.4 Å². The van der Waals surface area contributed by atoms with Gasteiger partial charge in [0.05, 0.1) is 5.69 Å². The van der Waals surface area contributed by atoms with Crippen molar-refractivity contribution in [1.29, 1.82) is 0 Å². The Morgan fingerprint density at radius 2 is 2.40 bits per heavy atom. The lowest BCUT2D eigenvalue weighted by molar-refractivity contribution is 0.249. The van der Waals surface area contributed by atoms with Crippen molar-refractivity contribution in [3.63, 3.8) is 0 Å². The number of aromatic nitrogens is 2. The molecule has 6 nitrogen and oxygen atoms in total. The van der Waals surface area contributed by atoms with Gasteiger partial charge in [-0.15, -0.1) is 0 Å². The second-order valence-corrected chi connectivity index (χ2v) is 3.11. The topological polar surface area (TPSA) is 85.0 Å². The van der Waals surface area contributed by atoms with Crippen LogP contribution in [0.3, 0.4) is 0 Å². The van der Waals surface area contributed by atoms with Crippen LogP contribution in [-0.2, 0) is 13.1 Å². The minimum absolute atomic E-state index is 0.490. The maximum absolute atomic E-state index is 10.4. The first-order valence-electron chi connectivity index (χ1n) is 4.98. The summed E-state index contributed by atoms with van der Waals surface area (Å²) in [5.41, 5.74) is 6.06. The fourth-order valence-electron chi connectivity index (χ4n) is 1.29. The van der Waals surface area contributed by atoms with E-state index in [2.05, 4.69) is 15.7 Å². The van der Waals surface area contributed by atoms with Crippen LogP contribution in [0.2, 0.25) is 0 Å². The fourth-order valence-corrected chi connectivity index (χ4v) is 1.29. The summed E-state index contributed by atoms with van der Waals surface area (Å²) in [6.45, 7) is 4.89. The summed E-state index contributed by atoms with van der Waals surface area (Å²) in [5, 5.41) is 9.84. The van der Waals surface area contributed by atoms with Crippen LogP contribution in [-0.4, -0.2) is 28.9 Å². The quantitative estimate of drug-likeness (QED) is 0.563. The lowest BCUT2D eigenvalue weighted by atomic mass is 10.4. The first kappa shape index (κ1) is 11.5. The lowest BCUT2D eigenvalue weighted by Gasteiger charge is -2.06. The van der Waals surface area contributed by atoms with Gasteiger partial charge in [0.2, 0.25) is 0 Å². The van der Waals surface area contributed by atoms with E-state index < -0.39 is 6.03 Å². The standard InChI is InChI=1S/C9H17N5O/c1-2-14-8(3-4-13-14)7-11-5-6-12-9(10)15/h3-4,11H,2,5-7H2,1H3,(H3,10,12,15). The number of hydrogen-bond donors (Lipinski definition) is 3. The van der Waals surface area contributed by atoms with Crippen LogP contribution in [0.5, 0.6) is 0 Å². The Bertz CT molecular complexity index is 309. The number of nitrogens with zero attached hydrogens (tertiary/aromatic N) is 2. The Labute approximate surface area is 88.8 Å². The maximum Gasteiger partial charge on any atom is 0.312 e. The number of amides is 2. The smallest absolute Gasteiger partial charge is 0.312 e. The monoisotopic (exact) mass is 211 g/mol. The van der Waals surface area contributed by atoms with Crippen molar-refractivity contribution in [2.45, 2.75) is 20.0 Å². The number of nitrogens with two attached hydrogens (primary N) is 1. The summed E-state index contributed by atoms with van der Waals surface area (Å²) < 4.78 is 1.93. The van der Waals surface area contributed by atoms with E-state index in [1.165, 1.54) is 0 Å². The third kappa shape index (κ3) is 3.99. The second kappa shape index (κ2) is 6.02. The first-order valence-corrected chi connectivity index (χ1v) is 4.98. The van der Waals surface area contributed by atoms with Gasteiger partial charge in [-0.2, -0.15) is 5.10 Å². The predicted molar refractivity (Wildman–Crippen MR) is 57.2 cm³/mol. The summed E-state index contributed by atoms with van der Waals surface area (Å²) in [5.74, 6) is 0. The van der Waals surface area contributed by atoms with Gasteiger partial charge in [0.25, 0.3) is 0 Å². The molecular weight excluding hydrogens is 194 g/mol. The molecule has 15 heavy (non-hydrogen) atoms. The van der Waals surface area contributed by atoms with Crippen molar-refractivity contribution in [1.82, 2.24) is 20.4 Å². The summed E-state index contributed by atoms with van der Waals surface area (Å²) in [6, 6.07) is 1.48. The zero-order valence-electron chi connectivity index (χ0n) is 8.86. The molecule has 0 saturated heterocycles. The highest BCUT2D eigenvalue weighted by molar-refractivity contribution is 5.71. The van der Waals surface area contributed by atoms with Crippen molar-refractivity contribution in [2.75, 3.05) is 13.1 Å². The predicted octanol–water partition coefficient (Wildman–Crippen LogP) is -0.339. The van der Waals surface area contributed by atoms with Gasteiger partial charge < -0.3 is 16.4 Å².